The highest BCUT2D eigenvalue weighted by atomic mass is 127. The fraction of sp³-hybridized carbons (Fsp3) is 0.542. The number of halogens is 1. The lowest BCUT2D eigenvalue weighted by Gasteiger charge is -2.34. The van der Waals surface area contributed by atoms with Gasteiger partial charge in [-0.05, 0) is 37.1 Å². The summed E-state index contributed by atoms with van der Waals surface area (Å²) in [5, 5.41) is 6.76. The minimum atomic E-state index is 0. The molecule has 0 amide bonds. The van der Waals surface area contributed by atoms with Crippen LogP contribution in [0.5, 0.6) is 0 Å². The molecular formula is C24H38IN5O2. The first-order chi connectivity index (χ1) is 15.3. The molecule has 2 heterocycles. The van der Waals surface area contributed by atoms with Crippen molar-refractivity contribution in [1.29, 1.82) is 0 Å². The molecule has 2 aromatic rings. The maximum Gasteiger partial charge on any atom is 0.190 e. The first kappa shape index (κ1) is 26.6. The number of furan rings is 1. The van der Waals surface area contributed by atoms with Gasteiger partial charge >= 0.3 is 0 Å². The molecule has 0 unspecified atom stereocenters. The molecule has 0 aliphatic carbocycles. The van der Waals surface area contributed by atoms with Crippen molar-refractivity contribution in [2.45, 2.75) is 26.0 Å². The number of guanidine groups is 1. The average molecular weight is 556 g/mol. The van der Waals surface area contributed by atoms with Crippen LogP contribution in [-0.2, 0) is 17.9 Å². The molecule has 2 N–H and O–H groups in total. The van der Waals surface area contributed by atoms with Gasteiger partial charge in [-0.1, -0.05) is 30.3 Å². The van der Waals surface area contributed by atoms with Crippen molar-refractivity contribution in [3.8, 4) is 0 Å². The molecule has 0 saturated carbocycles. The summed E-state index contributed by atoms with van der Waals surface area (Å²) in [6.45, 7) is 9.77. The quantitative estimate of drug-likeness (QED) is 0.182. The summed E-state index contributed by atoms with van der Waals surface area (Å²) < 4.78 is 10.8. The normalized spacial score (nSPS) is 15.3. The number of hydrogen-bond donors (Lipinski definition) is 2. The van der Waals surface area contributed by atoms with Gasteiger partial charge in [0, 0.05) is 59.5 Å². The molecule has 1 saturated heterocycles. The summed E-state index contributed by atoms with van der Waals surface area (Å²) in [4.78, 5) is 9.41. The predicted octanol–water partition coefficient (Wildman–Crippen LogP) is 3.18. The van der Waals surface area contributed by atoms with Crippen LogP contribution >= 0.6 is 24.0 Å². The fourth-order valence-corrected chi connectivity index (χ4v) is 3.69. The molecule has 1 aliphatic rings. The Balaban J connectivity index is 0.00000363. The molecule has 0 bridgehead atoms. The van der Waals surface area contributed by atoms with E-state index in [0.29, 0.717) is 13.2 Å². The first-order valence-electron chi connectivity index (χ1n) is 11.4. The maximum atomic E-state index is 5.60. The van der Waals surface area contributed by atoms with Crippen molar-refractivity contribution in [2.75, 3.05) is 59.5 Å². The monoisotopic (exact) mass is 555 g/mol. The Morgan fingerprint density at radius 3 is 2.38 bits per heavy atom. The summed E-state index contributed by atoms with van der Waals surface area (Å²) in [5.41, 5.74) is 1.41. The van der Waals surface area contributed by atoms with E-state index in [2.05, 4.69) is 55.8 Å². The van der Waals surface area contributed by atoms with Crippen molar-refractivity contribution < 1.29 is 9.15 Å². The van der Waals surface area contributed by atoms with Gasteiger partial charge in [0.15, 0.2) is 5.96 Å². The molecular weight excluding hydrogens is 517 g/mol. The van der Waals surface area contributed by atoms with E-state index in [1.807, 2.05) is 19.2 Å². The van der Waals surface area contributed by atoms with Crippen molar-refractivity contribution in [3.63, 3.8) is 0 Å². The number of nitrogens with zero attached hydrogens (tertiary/aromatic N) is 3. The highest BCUT2D eigenvalue weighted by Crippen LogP contribution is 2.08. The standard InChI is InChI=1S/C24H37N5O2.HI/c1-25-24(27-12-7-18-30-21-23-10-5-19-31-23)26-11-6-13-28-14-16-29(17-15-28)20-22-8-3-2-4-9-22;/h2-5,8-10,19H,6-7,11-18,20-21H2,1H3,(H2,25,26,27);1H. The number of piperazine rings is 1. The summed E-state index contributed by atoms with van der Waals surface area (Å²) in [6.07, 6.45) is 3.71. The smallest absolute Gasteiger partial charge is 0.190 e. The third kappa shape index (κ3) is 10.3. The van der Waals surface area contributed by atoms with Gasteiger partial charge in [0.05, 0.1) is 6.26 Å². The van der Waals surface area contributed by atoms with Crippen molar-refractivity contribution in [3.05, 3.63) is 60.1 Å². The Morgan fingerprint density at radius 1 is 0.969 bits per heavy atom. The second kappa shape index (κ2) is 16.1. The second-order valence-electron chi connectivity index (χ2n) is 7.87. The van der Waals surface area contributed by atoms with E-state index in [1.165, 1.54) is 5.56 Å². The average Bonchev–Trinajstić information content (AvgIpc) is 3.33. The molecule has 1 fully saturated rings. The van der Waals surface area contributed by atoms with Gasteiger partial charge < -0.3 is 24.7 Å². The highest BCUT2D eigenvalue weighted by molar-refractivity contribution is 14.0. The summed E-state index contributed by atoms with van der Waals surface area (Å²) >= 11 is 0. The van der Waals surface area contributed by atoms with Crippen molar-refractivity contribution in [1.82, 2.24) is 20.4 Å². The third-order valence-electron chi connectivity index (χ3n) is 5.46. The zero-order chi connectivity index (χ0) is 21.6. The van der Waals surface area contributed by atoms with E-state index >= 15 is 0 Å². The topological polar surface area (TPSA) is 65.3 Å². The van der Waals surface area contributed by atoms with E-state index in [1.54, 1.807) is 6.26 Å². The Hall–Kier alpha value is -1.62. The summed E-state index contributed by atoms with van der Waals surface area (Å²) in [6, 6.07) is 14.6. The van der Waals surface area contributed by atoms with Crippen LogP contribution in [0.15, 0.2) is 58.1 Å². The van der Waals surface area contributed by atoms with Crippen LogP contribution in [0.2, 0.25) is 0 Å². The van der Waals surface area contributed by atoms with Gasteiger partial charge in [-0.2, -0.15) is 0 Å². The van der Waals surface area contributed by atoms with Crippen LogP contribution in [0.3, 0.4) is 0 Å². The number of nitrogens with one attached hydrogen (secondary N) is 2. The van der Waals surface area contributed by atoms with E-state index in [0.717, 1.165) is 76.9 Å². The predicted molar refractivity (Wildman–Crippen MR) is 141 cm³/mol. The molecule has 0 spiro atoms. The third-order valence-corrected chi connectivity index (χ3v) is 5.46. The maximum absolute atomic E-state index is 5.60. The molecule has 178 valence electrons. The number of hydrogen-bond acceptors (Lipinski definition) is 5. The van der Waals surface area contributed by atoms with Crippen LogP contribution in [-0.4, -0.2) is 75.2 Å². The molecule has 0 atom stereocenters. The molecule has 1 aliphatic heterocycles. The molecule has 32 heavy (non-hydrogen) atoms. The molecule has 8 heteroatoms. The molecule has 7 nitrogen and oxygen atoms in total. The minimum absolute atomic E-state index is 0. The van der Waals surface area contributed by atoms with Crippen LogP contribution in [0.25, 0.3) is 0 Å². The van der Waals surface area contributed by atoms with Crippen LogP contribution in [0.1, 0.15) is 24.2 Å². The fourth-order valence-electron chi connectivity index (χ4n) is 3.69. The highest BCUT2D eigenvalue weighted by Gasteiger charge is 2.16. The van der Waals surface area contributed by atoms with Crippen LogP contribution in [0, 0.1) is 0 Å². The van der Waals surface area contributed by atoms with Crippen LogP contribution in [0.4, 0.5) is 0 Å². The number of ether oxygens (including phenoxy) is 1. The summed E-state index contributed by atoms with van der Waals surface area (Å²) in [7, 11) is 1.81. The molecule has 1 aromatic heterocycles. The molecule has 0 radical (unpaired) electrons. The lowest BCUT2D eigenvalue weighted by Crippen LogP contribution is -2.46. The zero-order valence-electron chi connectivity index (χ0n) is 19.2. The lowest BCUT2D eigenvalue weighted by molar-refractivity contribution is 0.105. The second-order valence-corrected chi connectivity index (χ2v) is 7.87. The van der Waals surface area contributed by atoms with E-state index in [9.17, 15) is 0 Å². The van der Waals surface area contributed by atoms with Gasteiger partial charge in [0.2, 0.25) is 0 Å². The van der Waals surface area contributed by atoms with Crippen molar-refractivity contribution >= 4 is 29.9 Å². The zero-order valence-corrected chi connectivity index (χ0v) is 21.5. The Labute approximate surface area is 209 Å². The number of benzene rings is 1. The first-order valence-corrected chi connectivity index (χ1v) is 11.4. The van der Waals surface area contributed by atoms with Crippen LogP contribution < -0.4 is 10.6 Å². The van der Waals surface area contributed by atoms with Gasteiger partial charge in [-0.3, -0.25) is 9.89 Å². The summed E-state index contributed by atoms with van der Waals surface area (Å²) in [5.74, 6) is 1.72. The Bertz CT molecular complexity index is 734. The SMILES string of the molecule is CN=C(NCCCOCc1ccco1)NCCCN1CCN(Cc2ccccc2)CC1.I. The Morgan fingerprint density at radius 2 is 1.69 bits per heavy atom. The van der Waals surface area contributed by atoms with E-state index < -0.39 is 0 Å². The lowest BCUT2D eigenvalue weighted by atomic mass is 10.2. The Kier molecular flexibility index (Phi) is 13.4. The van der Waals surface area contributed by atoms with Gasteiger partial charge in [0.1, 0.15) is 12.4 Å². The minimum Gasteiger partial charge on any atom is -0.467 e. The van der Waals surface area contributed by atoms with Gasteiger partial charge in [0.25, 0.3) is 0 Å². The van der Waals surface area contributed by atoms with Crippen molar-refractivity contribution in [2.24, 2.45) is 4.99 Å². The van der Waals surface area contributed by atoms with Gasteiger partial charge in [-0.25, -0.2) is 0 Å². The largest absolute Gasteiger partial charge is 0.467 e. The van der Waals surface area contributed by atoms with Gasteiger partial charge in [-0.15, -0.1) is 24.0 Å². The number of aliphatic imine (C=N–C) groups is 1. The van der Waals surface area contributed by atoms with E-state index in [4.69, 9.17) is 9.15 Å². The van der Waals surface area contributed by atoms with E-state index in [-0.39, 0.29) is 24.0 Å². The molecule has 1 aromatic carbocycles. The molecule has 3 rings (SSSR count). The number of rotatable bonds is 12.